The van der Waals surface area contributed by atoms with Crippen LogP contribution in [0, 0.1) is 0 Å². The van der Waals surface area contributed by atoms with Crippen LogP contribution in [0.1, 0.15) is 18.9 Å². The highest BCUT2D eigenvalue weighted by Crippen LogP contribution is 2.06. The summed E-state index contributed by atoms with van der Waals surface area (Å²) in [6.45, 7) is 0.480. The van der Waals surface area contributed by atoms with Gasteiger partial charge in [-0.3, -0.25) is 19.2 Å². The third-order valence-corrected chi connectivity index (χ3v) is 4.51. The quantitative estimate of drug-likeness (QED) is 0.146. The molecule has 0 fully saturated rings. The van der Waals surface area contributed by atoms with Crippen LogP contribution in [0.25, 0.3) is 0 Å². The third-order valence-electron chi connectivity index (χ3n) is 4.51. The monoisotopic (exact) mass is 468 g/mol. The molecule has 0 aliphatic carbocycles. The van der Waals surface area contributed by atoms with Gasteiger partial charge in [-0.2, -0.15) is 0 Å². The van der Waals surface area contributed by atoms with Gasteiger partial charge in [-0.05, 0) is 12.5 Å². The Labute approximate surface area is 189 Å². The fourth-order valence-electron chi connectivity index (χ4n) is 2.72. The average molecular weight is 468 g/mol. The number of nitrogens with one attached hydrogen (secondary N) is 3. The Hall–Kier alpha value is -3.55. The second kappa shape index (κ2) is 13.1. The normalized spacial score (nSPS) is 15.3. The van der Waals surface area contributed by atoms with E-state index in [1.165, 1.54) is 0 Å². The molecule has 0 aromatic heterocycles. The van der Waals surface area contributed by atoms with Gasteiger partial charge in [0.15, 0.2) is 0 Å². The molecule has 0 saturated carbocycles. The molecule has 13 heteroatoms. The molecule has 9 N–H and O–H groups in total. The molecule has 1 aromatic rings. The van der Waals surface area contributed by atoms with Gasteiger partial charge in [0.1, 0.15) is 24.2 Å². The van der Waals surface area contributed by atoms with Gasteiger partial charge < -0.3 is 42.1 Å². The van der Waals surface area contributed by atoms with Crippen LogP contribution in [0.3, 0.4) is 0 Å². The first-order valence-electron chi connectivity index (χ1n) is 9.90. The molecule has 0 saturated heterocycles. The number of carbonyl (C=O) groups is 5. The summed E-state index contributed by atoms with van der Waals surface area (Å²) in [5.41, 5.74) is 6.12. The third kappa shape index (κ3) is 9.22. The van der Waals surface area contributed by atoms with Crippen LogP contribution in [0.15, 0.2) is 30.3 Å². The van der Waals surface area contributed by atoms with Crippen molar-refractivity contribution in [2.75, 3.05) is 6.61 Å². The minimum Gasteiger partial charge on any atom is -0.481 e. The Balaban J connectivity index is 3.05. The number of hydrogen-bond donors (Lipinski definition) is 8. The molecule has 13 nitrogen and oxygen atoms in total. The summed E-state index contributed by atoms with van der Waals surface area (Å²) in [5.74, 6) is -5.97. The molecule has 0 radical (unpaired) electrons. The summed E-state index contributed by atoms with van der Waals surface area (Å²) in [6, 6.07) is 2.48. The van der Waals surface area contributed by atoms with Crippen molar-refractivity contribution in [3.05, 3.63) is 35.9 Å². The highest BCUT2D eigenvalue weighted by molar-refractivity contribution is 5.95. The molecular formula is C20H28N4O9. The van der Waals surface area contributed by atoms with E-state index in [4.69, 9.17) is 21.1 Å². The summed E-state index contributed by atoms with van der Waals surface area (Å²) >= 11 is 0. The average Bonchev–Trinajstić information content (AvgIpc) is 2.75. The predicted octanol–water partition coefficient (Wildman–Crippen LogP) is -3.06. The molecule has 0 heterocycles. The van der Waals surface area contributed by atoms with Crippen molar-refractivity contribution < 1.29 is 44.4 Å². The van der Waals surface area contributed by atoms with Crippen LogP contribution in [-0.4, -0.2) is 87.0 Å². The number of nitrogens with two attached hydrogens (primary N) is 1. The summed E-state index contributed by atoms with van der Waals surface area (Å²) in [5, 5.41) is 43.5. The fraction of sp³-hybridized carbons (Fsp3) is 0.450. The molecule has 0 spiro atoms. The zero-order valence-corrected chi connectivity index (χ0v) is 17.8. The molecule has 0 aliphatic rings. The van der Waals surface area contributed by atoms with E-state index in [1.54, 1.807) is 30.3 Å². The Kier molecular flexibility index (Phi) is 10.9. The minimum absolute atomic E-state index is 0.0263. The predicted molar refractivity (Wildman–Crippen MR) is 113 cm³/mol. The topological polar surface area (TPSA) is 228 Å². The molecule has 0 bridgehead atoms. The van der Waals surface area contributed by atoms with Gasteiger partial charge in [0.05, 0.1) is 19.1 Å². The number of amides is 3. The number of carboxylic acid groups (broad SMARTS) is 2. The Morgan fingerprint density at radius 2 is 1.48 bits per heavy atom. The number of carboxylic acids is 2. The zero-order valence-electron chi connectivity index (χ0n) is 17.8. The summed E-state index contributed by atoms with van der Waals surface area (Å²) in [6.07, 6.45) is -2.45. The number of aliphatic hydroxyl groups excluding tert-OH is 2. The number of hydrogen-bond acceptors (Lipinski definition) is 8. The van der Waals surface area contributed by atoms with Gasteiger partial charge in [-0.25, -0.2) is 4.79 Å². The number of benzene rings is 1. The lowest BCUT2D eigenvalue weighted by Crippen LogP contribution is -2.60. The Bertz CT molecular complexity index is 847. The number of aliphatic hydroxyl groups is 2. The molecule has 182 valence electrons. The van der Waals surface area contributed by atoms with E-state index in [0.29, 0.717) is 5.56 Å². The second-order valence-electron chi connectivity index (χ2n) is 7.26. The molecule has 3 amide bonds. The van der Waals surface area contributed by atoms with Crippen LogP contribution in [0.5, 0.6) is 0 Å². The van der Waals surface area contributed by atoms with Crippen LogP contribution >= 0.6 is 0 Å². The SMILES string of the molecule is CC(O)C(NC(=O)C(Cc1ccccc1)NC(=O)C(N)CO)C(=O)NC(CC(=O)O)C(=O)O. The van der Waals surface area contributed by atoms with Gasteiger partial charge >= 0.3 is 11.9 Å². The Morgan fingerprint density at radius 1 is 0.909 bits per heavy atom. The first kappa shape index (κ1) is 27.5. The number of carbonyl (C=O) groups excluding carboxylic acids is 3. The maximum absolute atomic E-state index is 12.9. The van der Waals surface area contributed by atoms with Gasteiger partial charge in [0.25, 0.3) is 0 Å². The van der Waals surface area contributed by atoms with Crippen LogP contribution in [0.2, 0.25) is 0 Å². The van der Waals surface area contributed by atoms with E-state index in [-0.39, 0.29) is 6.42 Å². The summed E-state index contributed by atoms with van der Waals surface area (Å²) in [7, 11) is 0. The van der Waals surface area contributed by atoms with Gasteiger partial charge in [-0.15, -0.1) is 0 Å². The molecular weight excluding hydrogens is 440 g/mol. The van der Waals surface area contributed by atoms with E-state index in [2.05, 4.69) is 10.6 Å². The van der Waals surface area contributed by atoms with Crippen molar-refractivity contribution in [3.63, 3.8) is 0 Å². The van der Waals surface area contributed by atoms with Crippen molar-refractivity contribution in [3.8, 4) is 0 Å². The first-order valence-corrected chi connectivity index (χ1v) is 9.90. The molecule has 1 aromatic carbocycles. The second-order valence-corrected chi connectivity index (χ2v) is 7.26. The number of rotatable bonds is 13. The minimum atomic E-state index is -1.80. The lowest BCUT2D eigenvalue weighted by atomic mass is 10.0. The summed E-state index contributed by atoms with van der Waals surface area (Å²) in [4.78, 5) is 59.5. The van der Waals surface area contributed by atoms with E-state index >= 15 is 0 Å². The highest BCUT2D eigenvalue weighted by Gasteiger charge is 2.33. The largest absolute Gasteiger partial charge is 0.481 e. The van der Waals surface area contributed by atoms with Gasteiger partial charge in [-0.1, -0.05) is 30.3 Å². The molecule has 1 rings (SSSR count). The van der Waals surface area contributed by atoms with Crippen LogP contribution < -0.4 is 21.7 Å². The maximum atomic E-state index is 12.9. The lowest BCUT2D eigenvalue weighted by Gasteiger charge is -2.26. The highest BCUT2D eigenvalue weighted by atomic mass is 16.4. The van der Waals surface area contributed by atoms with Gasteiger partial charge in [0.2, 0.25) is 17.7 Å². The van der Waals surface area contributed by atoms with E-state index in [1.807, 2.05) is 5.32 Å². The smallest absolute Gasteiger partial charge is 0.326 e. The lowest BCUT2D eigenvalue weighted by molar-refractivity contribution is -0.148. The van der Waals surface area contributed by atoms with Crippen molar-refractivity contribution in [1.29, 1.82) is 0 Å². The molecule has 5 unspecified atom stereocenters. The van der Waals surface area contributed by atoms with Crippen LogP contribution in [-0.2, 0) is 30.4 Å². The van der Waals surface area contributed by atoms with Crippen molar-refractivity contribution in [2.24, 2.45) is 5.73 Å². The Morgan fingerprint density at radius 3 is 1.97 bits per heavy atom. The zero-order chi connectivity index (χ0) is 25.1. The van der Waals surface area contributed by atoms with Crippen molar-refractivity contribution in [1.82, 2.24) is 16.0 Å². The van der Waals surface area contributed by atoms with E-state index in [0.717, 1.165) is 6.92 Å². The molecule has 5 atom stereocenters. The van der Waals surface area contributed by atoms with E-state index < -0.39 is 73.0 Å². The first-order chi connectivity index (χ1) is 15.5. The molecule has 0 aliphatic heterocycles. The van der Waals surface area contributed by atoms with Crippen LogP contribution in [0.4, 0.5) is 0 Å². The summed E-state index contributed by atoms with van der Waals surface area (Å²) < 4.78 is 0. The number of aliphatic carboxylic acids is 2. The van der Waals surface area contributed by atoms with E-state index in [9.17, 15) is 29.1 Å². The maximum Gasteiger partial charge on any atom is 0.326 e. The molecule has 33 heavy (non-hydrogen) atoms. The van der Waals surface area contributed by atoms with Crippen molar-refractivity contribution in [2.45, 2.75) is 50.0 Å². The van der Waals surface area contributed by atoms with Crippen molar-refractivity contribution >= 4 is 29.7 Å². The standard InChI is InChI=1S/C20H28N4O9/c1-10(26)16(19(31)23-14(20(32)33)8-15(27)28)24-18(30)13(22-17(29)12(21)9-25)7-11-5-3-2-4-6-11/h2-6,10,12-14,16,25-26H,7-9,21H2,1H3,(H,22,29)(H,23,31)(H,24,30)(H,27,28)(H,32,33). The fourth-order valence-corrected chi connectivity index (χ4v) is 2.72. The van der Waals surface area contributed by atoms with Gasteiger partial charge in [0, 0.05) is 6.42 Å².